The van der Waals surface area contributed by atoms with Crippen molar-refractivity contribution in [1.29, 1.82) is 0 Å². The molecule has 0 saturated heterocycles. The molecule has 1 aromatic heterocycles. The maximum atomic E-state index is 12.4. The van der Waals surface area contributed by atoms with Crippen molar-refractivity contribution in [3.8, 4) is 0 Å². The maximum absolute atomic E-state index is 12.4. The first-order valence-corrected chi connectivity index (χ1v) is 7.49. The van der Waals surface area contributed by atoms with E-state index in [4.69, 9.17) is 4.74 Å². The van der Waals surface area contributed by atoms with Crippen LogP contribution in [0.2, 0.25) is 0 Å². The summed E-state index contributed by atoms with van der Waals surface area (Å²) in [6.07, 6.45) is 0.123. The van der Waals surface area contributed by atoms with E-state index in [0.29, 0.717) is 11.1 Å². The quantitative estimate of drug-likeness (QED) is 0.623. The summed E-state index contributed by atoms with van der Waals surface area (Å²) in [6.45, 7) is 3.85. The number of hydrogen-bond donors (Lipinski definition) is 0. The minimum Gasteiger partial charge on any atom is -0.469 e. The number of ether oxygens (including phenoxy) is 2. The first-order valence-electron chi connectivity index (χ1n) is 7.49. The van der Waals surface area contributed by atoms with Crippen LogP contribution in [0.25, 0.3) is 0 Å². The molecule has 6 nitrogen and oxygen atoms in total. The molecule has 0 radical (unpaired) electrons. The lowest BCUT2D eigenvalue weighted by Gasteiger charge is -2.11. The van der Waals surface area contributed by atoms with Crippen molar-refractivity contribution in [3.63, 3.8) is 0 Å². The third-order valence-electron chi connectivity index (χ3n) is 3.65. The van der Waals surface area contributed by atoms with E-state index in [9.17, 15) is 14.4 Å². The van der Waals surface area contributed by atoms with Gasteiger partial charge in [-0.2, -0.15) is 0 Å². The standard InChI is InChI=1S/C18H19NO5/c1-12-11-13(2)19(10-9-15(20)23-3)16(12)18(22)24-17(21)14-7-5-4-6-8-14/h4-8,11H,9-10H2,1-3H3. The number of methoxy groups -OCH3 is 1. The number of nitrogens with zero attached hydrogens (tertiary/aromatic N) is 1. The highest BCUT2D eigenvalue weighted by Crippen LogP contribution is 2.18. The van der Waals surface area contributed by atoms with E-state index < -0.39 is 11.9 Å². The van der Waals surface area contributed by atoms with Gasteiger partial charge in [-0.25, -0.2) is 9.59 Å². The number of esters is 3. The highest BCUT2D eigenvalue weighted by Gasteiger charge is 2.22. The molecule has 0 aliphatic heterocycles. The van der Waals surface area contributed by atoms with Crippen molar-refractivity contribution in [2.45, 2.75) is 26.8 Å². The van der Waals surface area contributed by atoms with Crippen LogP contribution in [-0.4, -0.2) is 29.6 Å². The fraction of sp³-hybridized carbons (Fsp3) is 0.278. The number of rotatable bonds is 5. The van der Waals surface area contributed by atoms with Crippen molar-refractivity contribution in [2.24, 2.45) is 0 Å². The summed E-state index contributed by atoms with van der Waals surface area (Å²) >= 11 is 0. The molecule has 0 bridgehead atoms. The zero-order chi connectivity index (χ0) is 17.7. The highest BCUT2D eigenvalue weighted by atomic mass is 16.6. The molecule has 0 unspecified atom stereocenters. The van der Waals surface area contributed by atoms with Crippen LogP contribution in [-0.2, 0) is 20.8 Å². The normalized spacial score (nSPS) is 10.3. The van der Waals surface area contributed by atoms with Crippen molar-refractivity contribution in [3.05, 3.63) is 58.9 Å². The predicted molar refractivity (Wildman–Crippen MR) is 86.7 cm³/mol. The average molecular weight is 329 g/mol. The second kappa shape index (κ2) is 7.59. The third kappa shape index (κ3) is 3.90. The lowest BCUT2D eigenvalue weighted by molar-refractivity contribution is -0.140. The van der Waals surface area contributed by atoms with E-state index in [2.05, 4.69) is 4.74 Å². The van der Waals surface area contributed by atoms with Gasteiger partial charge in [0.2, 0.25) is 0 Å². The summed E-state index contributed by atoms with van der Waals surface area (Å²) in [5.41, 5.74) is 2.05. The van der Waals surface area contributed by atoms with Crippen molar-refractivity contribution in [1.82, 2.24) is 4.57 Å². The fourth-order valence-corrected chi connectivity index (χ4v) is 2.48. The van der Waals surface area contributed by atoms with Gasteiger partial charge in [-0.3, -0.25) is 4.79 Å². The Morgan fingerprint density at radius 3 is 2.33 bits per heavy atom. The fourth-order valence-electron chi connectivity index (χ4n) is 2.48. The van der Waals surface area contributed by atoms with Crippen LogP contribution in [0.5, 0.6) is 0 Å². The van der Waals surface area contributed by atoms with E-state index in [0.717, 1.165) is 5.69 Å². The molecule has 0 spiro atoms. The Kier molecular flexibility index (Phi) is 5.52. The lowest BCUT2D eigenvalue weighted by Crippen LogP contribution is -2.19. The Morgan fingerprint density at radius 1 is 1.04 bits per heavy atom. The van der Waals surface area contributed by atoms with Crippen LogP contribution in [0.15, 0.2) is 36.4 Å². The van der Waals surface area contributed by atoms with Gasteiger partial charge in [0.15, 0.2) is 0 Å². The molecular formula is C18H19NO5. The first-order chi connectivity index (χ1) is 11.4. The first kappa shape index (κ1) is 17.5. The number of benzene rings is 1. The van der Waals surface area contributed by atoms with Gasteiger partial charge in [0.1, 0.15) is 5.69 Å². The van der Waals surface area contributed by atoms with Gasteiger partial charge in [-0.1, -0.05) is 18.2 Å². The molecule has 1 aromatic carbocycles. The minimum absolute atomic E-state index is 0.123. The zero-order valence-corrected chi connectivity index (χ0v) is 13.9. The Labute approximate surface area is 140 Å². The van der Waals surface area contributed by atoms with Crippen LogP contribution in [0.4, 0.5) is 0 Å². The van der Waals surface area contributed by atoms with E-state index in [1.807, 2.05) is 6.92 Å². The van der Waals surface area contributed by atoms with E-state index in [-0.39, 0.29) is 24.6 Å². The Morgan fingerprint density at radius 2 is 1.71 bits per heavy atom. The van der Waals surface area contributed by atoms with Crippen molar-refractivity contribution in [2.75, 3.05) is 7.11 Å². The van der Waals surface area contributed by atoms with Gasteiger partial charge in [-0.05, 0) is 37.6 Å². The summed E-state index contributed by atoms with van der Waals surface area (Å²) in [5, 5.41) is 0. The molecule has 0 N–H and O–H groups in total. The molecular weight excluding hydrogens is 310 g/mol. The number of hydrogen-bond acceptors (Lipinski definition) is 5. The van der Waals surface area contributed by atoms with Crippen LogP contribution >= 0.6 is 0 Å². The Hall–Kier alpha value is -2.89. The molecule has 0 aliphatic carbocycles. The second-order valence-electron chi connectivity index (χ2n) is 5.34. The summed E-state index contributed by atoms with van der Waals surface area (Å²) in [4.78, 5) is 35.8. The van der Waals surface area contributed by atoms with Crippen LogP contribution in [0.1, 0.15) is 38.5 Å². The summed E-state index contributed by atoms with van der Waals surface area (Å²) < 4.78 is 11.3. The van der Waals surface area contributed by atoms with Gasteiger partial charge in [-0.15, -0.1) is 0 Å². The largest absolute Gasteiger partial charge is 0.469 e. The monoisotopic (exact) mass is 329 g/mol. The number of carbonyl (C=O) groups is 3. The Balaban J connectivity index is 2.19. The molecule has 0 amide bonds. The molecule has 6 heteroatoms. The summed E-state index contributed by atoms with van der Waals surface area (Å²) in [6, 6.07) is 10.1. The highest BCUT2D eigenvalue weighted by molar-refractivity contribution is 6.02. The molecule has 126 valence electrons. The number of aromatic nitrogens is 1. The third-order valence-corrected chi connectivity index (χ3v) is 3.65. The molecule has 0 fully saturated rings. The van der Waals surface area contributed by atoms with E-state index in [1.165, 1.54) is 7.11 Å². The molecule has 24 heavy (non-hydrogen) atoms. The van der Waals surface area contributed by atoms with Crippen molar-refractivity contribution >= 4 is 17.9 Å². The van der Waals surface area contributed by atoms with Crippen LogP contribution < -0.4 is 0 Å². The molecule has 2 rings (SSSR count). The molecule has 0 saturated carbocycles. The smallest absolute Gasteiger partial charge is 0.363 e. The Bertz CT molecular complexity index is 761. The van der Waals surface area contributed by atoms with Gasteiger partial charge in [0, 0.05) is 12.2 Å². The summed E-state index contributed by atoms with van der Waals surface area (Å²) in [5.74, 6) is -1.82. The van der Waals surface area contributed by atoms with Gasteiger partial charge >= 0.3 is 17.9 Å². The SMILES string of the molecule is COC(=O)CCn1c(C)cc(C)c1C(=O)OC(=O)c1ccccc1. The second-order valence-corrected chi connectivity index (χ2v) is 5.34. The molecule has 1 heterocycles. The zero-order valence-electron chi connectivity index (χ0n) is 13.9. The minimum atomic E-state index is -0.737. The van der Waals surface area contributed by atoms with Gasteiger partial charge in [0.05, 0.1) is 19.1 Å². The van der Waals surface area contributed by atoms with Gasteiger partial charge < -0.3 is 14.0 Å². The van der Waals surface area contributed by atoms with Gasteiger partial charge in [0.25, 0.3) is 0 Å². The molecule has 0 aliphatic rings. The average Bonchev–Trinajstić information content (AvgIpc) is 2.86. The number of aryl methyl sites for hydroxylation is 2. The molecule has 0 atom stereocenters. The van der Waals surface area contributed by atoms with E-state index >= 15 is 0 Å². The van der Waals surface area contributed by atoms with E-state index in [1.54, 1.807) is 47.9 Å². The maximum Gasteiger partial charge on any atom is 0.363 e. The molecule has 2 aromatic rings. The van der Waals surface area contributed by atoms with Crippen LogP contribution in [0, 0.1) is 13.8 Å². The van der Waals surface area contributed by atoms with Crippen molar-refractivity contribution < 1.29 is 23.9 Å². The topological polar surface area (TPSA) is 74.6 Å². The lowest BCUT2D eigenvalue weighted by atomic mass is 10.2. The van der Waals surface area contributed by atoms with Crippen LogP contribution in [0.3, 0.4) is 0 Å². The predicted octanol–water partition coefficient (Wildman–Crippen LogP) is 2.67. The summed E-state index contributed by atoms with van der Waals surface area (Å²) in [7, 11) is 1.31. The number of carbonyl (C=O) groups excluding carboxylic acids is 3.